The van der Waals surface area contributed by atoms with E-state index in [9.17, 15) is 18.0 Å². The van der Waals surface area contributed by atoms with Gasteiger partial charge in [0.05, 0.1) is 18.1 Å². The summed E-state index contributed by atoms with van der Waals surface area (Å²) in [6, 6.07) is 16.6. The summed E-state index contributed by atoms with van der Waals surface area (Å²) in [4.78, 5) is 32.3. The van der Waals surface area contributed by atoms with Crippen LogP contribution in [-0.2, 0) is 35.7 Å². The molecule has 0 aliphatic rings. The van der Waals surface area contributed by atoms with Gasteiger partial charge in [-0.15, -0.1) is 0 Å². The van der Waals surface area contributed by atoms with Crippen LogP contribution in [0.25, 0.3) is 0 Å². The number of sulfonamides is 1. The average molecular weight is 513 g/mol. The van der Waals surface area contributed by atoms with E-state index in [0.29, 0.717) is 5.69 Å². The largest absolute Gasteiger partial charge is 0.465 e. The summed E-state index contributed by atoms with van der Waals surface area (Å²) in [6.07, 6.45) is 1.86. The number of carbonyl (C=O) groups is 2. The topological polar surface area (TPSA) is 137 Å². The zero-order valence-corrected chi connectivity index (χ0v) is 21.0. The lowest BCUT2D eigenvalue weighted by Crippen LogP contribution is -2.45. The summed E-state index contributed by atoms with van der Waals surface area (Å²) in [5.74, 6) is -0.977. The molecule has 36 heavy (non-hydrogen) atoms. The molecular formula is C25H28N4O6S. The Labute approximate surface area is 210 Å². The Morgan fingerprint density at radius 1 is 0.972 bits per heavy atom. The number of aromatic nitrogens is 2. The minimum Gasteiger partial charge on any atom is -0.465 e. The van der Waals surface area contributed by atoms with Crippen molar-refractivity contribution < 1.29 is 27.5 Å². The first-order valence-corrected chi connectivity index (χ1v) is 12.5. The maximum absolute atomic E-state index is 13.2. The summed E-state index contributed by atoms with van der Waals surface area (Å²) in [7, 11) is -3.91. The molecule has 3 aromatic rings. The number of amides is 1. The predicted molar refractivity (Wildman–Crippen MR) is 133 cm³/mol. The second kappa shape index (κ2) is 11.7. The molecule has 1 unspecified atom stereocenters. The fourth-order valence-electron chi connectivity index (χ4n) is 3.23. The molecule has 1 atom stereocenters. The maximum atomic E-state index is 13.2. The molecular weight excluding hydrogens is 484 g/mol. The van der Waals surface area contributed by atoms with Gasteiger partial charge in [0.1, 0.15) is 6.10 Å². The fraction of sp³-hybridized carbons (Fsp3) is 0.280. The van der Waals surface area contributed by atoms with Crippen LogP contribution >= 0.6 is 0 Å². The predicted octanol–water partition coefficient (Wildman–Crippen LogP) is 3.39. The third-order valence-corrected chi connectivity index (χ3v) is 6.42. The van der Waals surface area contributed by atoms with Crippen LogP contribution in [-0.4, -0.2) is 43.0 Å². The summed E-state index contributed by atoms with van der Waals surface area (Å²) in [6.45, 7) is 4.97. The Hall–Kier alpha value is -3.83. The standard InChI is InChI=1S/C25H28N4O6S/c1-18(30)35-17-25(2,3)22(34-16-19-8-5-4-6-9-19)23(31)28-20-10-12-21(13-11-20)36(32,33)29-24-26-14-7-15-27-24/h4-15,22H,16-17H2,1-3H3,(H,28,31)(H,26,27,29). The number of benzene rings is 2. The molecule has 1 heterocycles. The van der Waals surface area contributed by atoms with Crippen LogP contribution in [0.3, 0.4) is 0 Å². The van der Waals surface area contributed by atoms with E-state index in [1.54, 1.807) is 19.9 Å². The van der Waals surface area contributed by atoms with Gasteiger partial charge in [-0.25, -0.2) is 23.1 Å². The van der Waals surface area contributed by atoms with E-state index < -0.39 is 33.4 Å². The molecule has 0 saturated heterocycles. The van der Waals surface area contributed by atoms with Crippen molar-refractivity contribution in [1.82, 2.24) is 9.97 Å². The zero-order chi connectivity index (χ0) is 26.2. The van der Waals surface area contributed by atoms with Gasteiger partial charge in [-0.05, 0) is 35.9 Å². The fourth-order valence-corrected chi connectivity index (χ4v) is 4.19. The number of ether oxygens (including phenoxy) is 2. The first kappa shape index (κ1) is 26.8. The van der Waals surface area contributed by atoms with Crippen LogP contribution in [0.4, 0.5) is 11.6 Å². The van der Waals surface area contributed by atoms with Crippen LogP contribution in [0, 0.1) is 5.41 Å². The van der Waals surface area contributed by atoms with Gasteiger partial charge < -0.3 is 14.8 Å². The van der Waals surface area contributed by atoms with E-state index in [0.717, 1.165) is 5.56 Å². The first-order valence-electron chi connectivity index (χ1n) is 11.1. The second-order valence-corrected chi connectivity index (χ2v) is 10.3. The lowest BCUT2D eigenvalue weighted by atomic mass is 9.86. The number of esters is 1. The van der Waals surface area contributed by atoms with Gasteiger partial charge in [0.2, 0.25) is 5.95 Å². The maximum Gasteiger partial charge on any atom is 0.302 e. The number of nitrogens with one attached hydrogen (secondary N) is 2. The van der Waals surface area contributed by atoms with Crippen molar-refractivity contribution in [2.75, 3.05) is 16.6 Å². The van der Waals surface area contributed by atoms with E-state index >= 15 is 0 Å². The second-order valence-electron chi connectivity index (χ2n) is 8.64. The van der Waals surface area contributed by atoms with E-state index in [-0.39, 0.29) is 24.1 Å². The van der Waals surface area contributed by atoms with Gasteiger partial charge in [0.25, 0.3) is 15.9 Å². The van der Waals surface area contributed by atoms with E-state index in [1.165, 1.54) is 43.6 Å². The van der Waals surface area contributed by atoms with Crippen LogP contribution in [0.15, 0.2) is 78.0 Å². The van der Waals surface area contributed by atoms with Gasteiger partial charge in [-0.1, -0.05) is 44.2 Å². The molecule has 190 valence electrons. The van der Waals surface area contributed by atoms with Crippen LogP contribution in [0.5, 0.6) is 0 Å². The Morgan fingerprint density at radius 3 is 2.22 bits per heavy atom. The summed E-state index contributed by atoms with van der Waals surface area (Å²) in [5, 5.41) is 2.76. The molecule has 2 N–H and O–H groups in total. The summed E-state index contributed by atoms with van der Waals surface area (Å²) >= 11 is 0. The Kier molecular flexibility index (Phi) is 8.73. The molecule has 0 aliphatic carbocycles. The van der Waals surface area contributed by atoms with Crippen molar-refractivity contribution in [2.45, 2.75) is 38.4 Å². The highest BCUT2D eigenvalue weighted by Crippen LogP contribution is 2.27. The average Bonchev–Trinajstić information content (AvgIpc) is 2.84. The lowest BCUT2D eigenvalue weighted by Gasteiger charge is -2.32. The monoisotopic (exact) mass is 512 g/mol. The first-order chi connectivity index (χ1) is 17.1. The van der Waals surface area contributed by atoms with Crippen molar-refractivity contribution in [1.29, 1.82) is 0 Å². The molecule has 0 saturated carbocycles. The summed E-state index contributed by atoms with van der Waals surface area (Å²) < 4.78 is 38.6. The van der Waals surface area contributed by atoms with Gasteiger partial charge >= 0.3 is 5.97 Å². The molecule has 0 aliphatic heterocycles. The highest BCUT2D eigenvalue weighted by atomic mass is 32.2. The van der Waals surface area contributed by atoms with Crippen LogP contribution in [0.1, 0.15) is 26.3 Å². The lowest BCUT2D eigenvalue weighted by molar-refractivity contribution is -0.154. The number of anilines is 2. The third kappa shape index (κ3) is 7.59. The Balaban J connectivity index is 1.73. The van der Waals surface area contributed by atoms with Gasteiger partial charge in [0, 0.05) is 30.4 Å². The van der Waals surface area contributed by atoms with Crippen LogP contribution < -0.4 is 10.0 Å². The molecule has 2 aromatic carbocycles. The SMILES string of the molecule is CC(=O)OCC(C)(C)C(OCc1ccccc1)C(=O)Nc1ccc(S(=O)(=O)Nc2ncccn2)cc1. The molecule has 0 bridgehead atoms. The smallest absolute Gasteiger partial charge is 0.302 e. The number of carbonyl (C=O) groups excluding carboxylic acids is 2. The van der Waals surface area contributed by atoms with Gasteiger partial charge in [0.15, 0.2) is 0 Å². The molecule has 10 nitrogen and oxygen atoms in total. The van der Waals surface area contributed by atoms with E-state index in [4.69, 9.17) is 9.47 Å². The quantitative estimate of drug-likeness (QED) is 0.373. The minimum absolute atomic E-state index is 0.0278. The third-order valence-electron chi connectivity index (χ3n) is 5.08. The van der Waals surface area contributed by atoms with Crippen molar-refractivity contribution in [3.05, 3.63) is 78.6 Å². The molecule has 0 fully saturated rings. The Morgan fingerprint density at radius 2 is 1.61 bits per heavy atom. The van der Waals surface area contributed by atoms with Crippen molar-refractivity contribution in [3.63, 3.8) is 0 Å². The number of rotatable bonds is 11. The van der Waals surface area contributed by atoms with Gasteiger partial charge in [-0.3, -0.25) is 9.59 Å². The summed E-state index contributed by atoms with van der Waals surface area (Å²) in [5.41, 5.74) is 0.391. The zero-order valence-electron chi connectivity index (χ0n) is 20.2. The molecule has 0 radical (unpaired) electrons. The molecule has 1 aromatic heterocycles. The van der Waals surface area contributed by atoms with Crippen molar-refractivity contribution in [2.24, 2.45) is 5.41 Å². The minimum atomic E-state index is -3.91. The number of hydrogen-bond donors (Lipinski definition) is 2. The van der Waals surface area contributed by atoms with Crippen molar-refractivity contribution in [3.8, 4) is 0 Å². The van der Waals surface area contributed by atoms with E-state index in [2.05, 4.69) is 20.0 Å². The number of hydrogen-bond acceptors (Lipinski definition) is 8. The Bertz CT molecular complexity index is 1270. The highest BCUT2D eigenvalue weighted by molar-refractivity contribution is 7.92. The highest BCUT2D eigenvalue weighted by Gasteiger charge is 2.37. The van der Waals surface area contributed by atoms with Crippen molar-refractivity contribution >= 4 is 33.5 Å². The van der Waals surface area contributed by atoms with Crippen LogP contribution in [0.2, 0.25) is 0 Å². The molecule has 3 rings (SSSR count). The van der Waals surface area contributed by atoms with Gasteiger partial charge in [-0.2, -0.15) is 0 Å². The number of nitrogens with zero attached hydrogens (tertiary/aromatic N) is 2. The molecule has 11 heteroatoms. The normalized spacial score (nSPS) is 12.4. The van der Waals surface area contributed by atoms with E-state index in [1.807, 2.05) is 30.3 Å². The molecule has 0 spiro atoms. The molecule has 1 amide bonds.